The number of ether oxygens (including phenoxy) is 1. The second kappa shape index (κ2) is 6.99. The first-order valence-corrected chi connectivity index (χ1v) is 7.81. The number of pyridine rings is 1. The van der Waals surface area contributed by atoms with E-state index in [0.717, 1.165) is 5.39 Å². The first-order valence-electron chi connectivity index (χ1n) is 7.06. The molecule has 6 heteroatoms. The van der Waals surface area contributed by atoms with Crippen molar-refractivity contribution in [3.8, 4) is 0 Å². The van der Waals surface area contributed by atoms with Gasteiger partial charge in [-0.25, -0.2) is 9.78 Å². The van der Waals surface area contributed by atoms with Crippen molar-refractivity contribution >= 4 is 45.9 Å². The summed E-state index contributed by atoms with van der Waals surface area (Å²) in [5, 5.41) is 1.55. The highest BCUT2D eigenvalue weighted by atomic mass is 35.5. The van der Waals surface area contributed by atoms with Crippen LogP contribution in [0.1, 0.15) is 20.8 Å². The summed E-state index contributed by atoms with van der Waals surface area (Å²) in [7, 11) is 0. The lowest BCUT2D eigenvalue weighted by Crippen LogP contribution is -2.15. The summed E-state index contributed by atoms with van der Waals surface area (Å²) in [6, 6.07) is 15.3. The van der Waals surface area contributed by atoms with Crippen LogP contribution in [0.5, 0.6) is 0 Å². The molecule has 0 bridgehead atoms. The second-order valence-electron chi connectivity index (χ2n) is 5.01. The molecule has 0 unspecified atom stereocenters. The van der Waals surface area contributed by atoms with Crippen LogP contribution in [0.25, 0.3) is 10.9 Å². The van der Waals surface area contributed by atoms with Crippen molar-refractivity contribution in [2.75, 3.05) is 6.61 Å². The quantitative estimate of drug-likeness (QED) is 0.505. The number of ketones is 1. The second-order valence-corrected chi connectivity index (χ2v) is 5.86. The average molecular weight is 360 g/mol. The van der Waals surface area contributed by atoms with E-state index in [9.17, 15) is 9.59 Å². The molecule has 0 saturated carbocycles. The minimum Gasteiger partial charge on any atom is -0.453 e. The van der Waals surface area contributed by atoms with Gasteiger partial charge in [-0.15, -0.1) is 0 Å². The third-order valence-corrected chi connectivity index (χ3v) is 3.94. The van der Waals surface area contributed by atoms with E-state index < -0.39 is 18.4 Å². The number of hydrogen-bond donors (Lipinski definition) is 0. The standard InChI is InChI=1S/C18H11Cl2NO3/c19-12-6-7-14(20)13(9-12)17(22)10-24-18(23)16-8-5-11-3-1-2-4-15(11)21-16/h1-9H,10H2. The normalized spacial score (nSPS) is 10.6. The van der Waals surface area contributed by atoms with Crippen molar-refractivity contribution in [2.45, 2.75) is 0 Å². The van der Waals surface area contributed by atoms with Gasteiger partial charge >= 0.3 is 5.97 Å². The molecule has 1 aromatic heterocycles. The lowest BCUT2D eigenvalue weighted by molar-refractivity contribution is 0.0469. The van der Waals surface area contributed by atoms with E-state index in [1.165, 1.54) is 12.1 Å². The number of benzene rings is 2. The van der Waals surface area contributed by atoms with Crippen LogP contribution in [0, 0.1) is 0 Å². The highest BCUT2D eigenvalue weighted by molar-refractivity contribution is 6.36. The smallest absolute Gasteiger partial charge is 0.357 e. The van der Waals surface area contributed by atoms with Gasteiger partial charge in [0.15, 0.2) is 6.61 Å². The highest BCUT2D eigenvalue weighted by Gasteiger charge is 2.16. The van der Waals surface area contributed by atoms with E-state index in [-0.39, 0.29) is 16.3 Å². The Morgan fingerprint density at radius 1 is 1.00 bits per heavy atom. The van der Waals surface area contributed by atoms with Gasteiger partial charge in [0.1, 0.15) is 5.69 Å². The zero-order valence-corrected chi connectivity index (χ0v) is 13.8. The Kier molecular flexibility index (Phi) is 4.79. The van der Waals surface area contributed by atoms with Crippen molar-refractivity contribution in [1.82, 2.24) is 4.98 Å². The van der Waals surface area contributed by atoms with E-state index >= 15 is 0 Å². The number of rotatable bonds is 4. The number of carbonyl (C=O) groups is 2. The van der Waals surface area contributed by atoms with Crippen molar-refractivity contribution < 1.29 is 14.3 Å². The zero-order valence-electron chi connectivity index (χ0n) is 12.3. The van der Waals surface area contributed by atoms with Gasteiger partial charge in [0.2, 0.25) is 5.78 Å². The van der Waals surface area contributed by atoms with Gasteiger partial charge in [0, 0.05) is 16.0 Å². The fraction of sp³-hybridized carbons (Fsp3) is 0.0556. The Labute approximate surface area is 148 Å². The topological polar surface area (TPSA) is 56.3 Å². The summed E-state index contributed by atoms with van der Waals surface area (Å²) in [6.45, 7) is -0.437. The number of esters is 1. The van der Waals surface area contributed by atoms with Gasteiger partial charge in [0.25, 0.3) is 0 Å². The third-order valence-electron chi connectivity index (χ3n) is 3.37. The van der Waals surface area contributed by atoms with Gasteiger partial charge < -0.3 is 4.74 Å². The SMILES string of the molecule is O=C(OCC(=O)c1cc(Cl)ccc1Cl)c1ccc2ccccc2n1. The molecule has 3 aromatic rings. The molecule has 24 heavy (non-hydrogen) atoms. The van der Waals surface area contributed by atoms with Gasteiger partial charge in [-0.3, -0.25) is 4.79 Å². The zero-order chi connectivity index (χ0) is 17.1. The molecule has 0 spiro atoms. The molecule has 0 atom stereocenters. The van der Waals surface area contributed by atoms with E-state index in [1.807, 2.05) is 18.2 Å². The molecule has 2 aromatic carbocycles. The van der Waals surface area contributed by atoms with E-state index in [0.29, 0.717) is 10.5 Å². The molecule has 0 radical (unpaired) electrons. The number of fused-ring (bicyclic) bond motifs is 1. The molecule has 120 valence electrons. The van der Waals surface area contributed by atoms with Crippen molar-refractivity contribution in [3.05, 3.63) is 75.9 Å². The number of nitrogens with zero attached hydrogens (tertiary/aromatic N) is 1. The van der Waals surface area contributed by atoms with Gasteiger partial charge in [-0.1, -0.05) is 47.5 Å². The number of hydrogen-bond acceptors (Lipinski definition) is 4. The summed E-state index contributed by atoms with van der Waals surface area (Å²) in [5.41, 5.74) is 1.03. The fourth-order valence-corrected chi connectivity index (χ4v) is 2.57. The Balaban J connectivity index is 1.72. The summed E-state index contributed by atoms with van der Waals surface area (Å²) < 4.78 is 5.04. The monoisotopic (exact) mass is 359 g/mol. The highest BCUT2D eigenvalue weighted by Crippen LogP contribution is 2.21. The van der Waals surface area contributed by atoms with E-state index in [4.69, 9.17) is 27.9 Å². The minimum absolute atomic E-state index is 0.138. The molecular formula is C18H11Cl2NO3. The molecule has 4 nitrogen and oxygen atoms in total. The average Bonchev–Trinajstić information content (AvgIpc) is 2.61. The van der Waals surface area contributed by atoms with Crippen LogP contribution in [0.4, 0.5) is 0 Å². The Morgan fingerprint density at radius 3 is 2.62 bits per heavy atom. The molecule has 0 N–H and O–H groups in total. The Hall–Kier alpha value is -2.43. The van der Waals surface area contributed by atoms with Crippen LogP contribution in [0.3, 0.4) is 0 Å². The maximum absolute atomic E-state index is 12.1. The summed E-state index contributed by atoms with van der Waals surface area (Å²) in [4.78, 5) is 28.4. The van der Waals surface area contributed by atoms with E-state index in [1.54, 1.807) is 24.3 Å². The molecule has 0 amide bonds. The maximum Gasteiger partial charge on any atom is 0.357 e. The van der Waals surface area contributed by atoms with Crippen molar-refractivity contribution in [3.63, 3.8) is 0 Å². The predicted molar refractivity (Wildman–Crippen MR) is 92.8 cm³/mol. The predicted octanol–water partition coefficient (Wildman–Crippen LogP) is 4.58. The minimum atomic E-state index is -0.674. The number of halogens is 2. The van der Waals surface area contributed by atoms with Gasteiger partial charge in [-0.2, -0.15) is 0 Å². The van der Waals surface area contributed by atoms with Gasteiger partial charge in [0.05, 0.1) is 10.5 Å². The lowest BCUT2D eigenvalue weighted by Gasteiger charge is -2.06. The molecule has 3 rings (SSSR count). The summed E-state index contributed by atoms with van der Waals surface area (Å²) in [5.74, 6) is -1.11. The van der Waals surface area contributed by atoms with Crippen molar-refractivity contribution in [2.24, 2.45) is 0 Å². The molecule has 0 aliphatic heterocycles. The third kappa shape index (κ3) is 3.55. The Bertz CT molecular complexity index is 940. The molecule has 1 heterocycles. The number of para-hydroxylation sites is 1. The maximum atomic E-state index is 12.1. The van der Waals surface area contributed by atoms with Crippen LogP contribution >= 0.6 is 23.2 Å². The summed E-state index contributed by atoms with van der Waals surface area (Å²) >= 11 is 11.8. The first kappa shape index (κ1) is 16.4. The van der Waals surface area contributed by atoms with Crippen LogP contribution in [0.2, 0.25) is 10.0 Å². The van der Waals surface area contributed by atoms with E-state index in [2.05, 4.69) is 4.98 Å². The molecular weight excluding hydrogens is 349 g/mol. The molecule has 0 saturated heterocycles. The van der Waals surface area contributed by atoms with Crippen LogP contribution in [-0.2, 0) is 4.74 Å². The largest absolute Gasteiger partial charge is 0.453 e. The van der Waals surface area contributed by atoms with Crippen LogP contribution < -0.4 is 0 Å². The van der Waals surface area contributed by atoms with Crippen LogP contribution in [0.15, 0.2) is 54.6 Å². The summed E-state index contributed by atoms with van der Waals surface area (Å²) in [6.07, 6.45) is 0. The first-order chi connectivity index (χ1) is 11.5. The molecule has 0 aliphatic rings. The Morgan fingerprint density at radius 2 is 1.79 bits per heavy atom. The molecule has 0 aliphatic carbocycles. The van der Waals surface area contributed by atoms with Gasteiger partial charge in [-0.05, 0) is 30.3 Å². The van der Waals surface area contributed by atoms with Crippen LogP contribution in [-0.4, -0.2) is 23.3 Å². The number of carbonyl (C=O) groups excluding carboxylic acids is 2. The number of aromatic nitrogens is 1. The molecule has 0 fully saturated rings. The number of Topliss-reactive ketones (excluding diaryl/α,β-unsaturated/α-hetero) is 1. The fourth-order valence-electron chi connectivity index (χ4n) is 2.17. The lowest BCUT2D eigenvalue weighted by atomic mass is 10.1. The van der Waals surface area contributed by atoms with Crippen molar-refractivity contribution in [1.29, 1.82) is 0 Å².